The van der Waals surface area contributed by atoms with Gasteiger partial charge in [-0.05, 0) is 37.5 Å². The van der Waals surface area contributed by atoms with Crippen LogP contribution in [0.15, 0.2) is 29.3 Å². The van der Waals surface area contributed by atoms with Crippen LogP contribution in [0, 0.1) is 13.8 Å². The van der Waals surface area contributed by atoms with Crippen LogP contribution in [0.1, 0.15) is 34.6 Å². The number of hydrogen-bond donors (Lipinski definition) is 3. The Kier molecular flexibility index (Phi) is 4.42. The number of carbonyl (C=O) groups excluding carboxylic acids is 1. The van der Waals surface area contributed by atoms with Crippen molar-refractivity contribution in [1.82, 2.24) is 20.4 Å². The van der Waals surface area contributed by atoms with Gasteiger partial charge in [0.1, 0.15) is 11.4 Å². The number of hydrogen-bond acceptors (Lipinski definition) is 5. The van der Waals surface area contributed by atoms with E-state index in [2.05, 4.69) is 25.5 Å². The molecule has 0 aromatic carbocycles. The highest BCUT2D eigenvalue weighted by Gasteiger charge is 2.26. The van der Waals surface area contributed by atoms with Crippen LogP contribution < -0.4 is 5.43 Å². The summed E-state index contributed by atoms with van der Waals surface area (Å²) in [7, 11) is 0. The van der Waals surface area contributed by atoms with E-state index in [9.17, 15) is 9.59 Å². The van der Waals surface area contributed by atoms with Crippen LogP contribution in [-0.2, 0) is 16.0 Å². The van der Waals surface area contributed by atoms with Crippen molar-refractivity contribution in [2.45, 2.75) is 26.7 Å². The van der Waals surface area contributed by atoms with E-state index in [1.807, 2.05) is 13.8 Å². The number of aromatic amines is 1. The number of aryl methyl sites for hydroxylation is 1. The van der Waals surface area contributed by atoms with E-state index in [-0.39, 0.29) is 12.3 Å². The van der Waals surface area contributed by atoms with E-state index in [1.165, 1.54) is 12.4 Å². The third kappa shape index (κ3) is 3.32. The molecule has 8 heteroatoms. The molecule has 3 N–H and O–H groups in total. The maximum Gasteiger partial charge on any atom is 0.303 e. The molecular weight excluding hydrogens is 322 g/mol. The molecular formula is C17H17N5O3. The van der Waals surface area contributed by atoms with Crippen molar-refractivity contribution < 1.29 is 14.7 Å². The summed E-state index contributed by atoms with van der Waals surface area (Å²) in [6, 6.07) is 0. The predicted molar refractivity (Wildman–Crippen MR) is 90.9 cm³/mol. The van der Waals surface area contributed by atoms with Crippen LogP contribution in [-0.4, -0.2) is 37.6 Å². The lowest BCUT2D eigenvalue weighted by Crippen LogP contribution is -2.14. The maximum atomic E-state index is 12.1. The molecule has 0 spiro atoms. The van der Waals surface area contributed by atoms with Crippen molar-refractivity contribution in [3.05, 3.63) is 52.4 Å². The van der Waals surface area contributed by atoms with Gasteiger partial charge in [0.05, 0.1) is 11.8 Å². The molecule has 0 fully saturated rings. The third-order valence-corrected chi connectivity index (χ3v) is 4.08. The van der Waals surface area contributed by atoms with E-state index in [4.69, 9.17) is 5.11 Å². The highest BCUT2D eigenvalue weighted by molar-refractivity contribution is 6.32. The molecule has 8 nitrogen and oxygen atoms in total. The van der Waals surface area contributed by atoms with Gasteiger partial charge in [0, 0.05) is 30.2 Å². The minimum Gasteiger partial charge on any atom is -0.481 e. The zero-order chi connectivity index (χ0) is 18.0. The van der Waals surface area contributed by atoms with Crippen molar-refractivity contribution in [2.24, 2.45) is 5.10 Å². The zero-order valence-electron chi connectivity index (χ0n) is 13.8. The minimum atomic E-state index is -0.841. The van der Waals surface area contributed by atoms with E-state index in [0.717, 1.165) is 22.5 Å². The molecule has 128 valence electrons. The Morgan fingerprint density at radius 2 is 2.12 bits per heavy atom. The van der Waals surface area contributed by atoms with Crippen LogP contribution in [0.3, 0.4) is 0 Å². The topological polar surface area (TPSA) is 120 Å². The summed E-state index contributed by atoms with van der Waals surface area (Å²) in [6.07, 6.45) is 6.82. The molecule has 2 aromatic rings. The Morgan fingerprint density at radius 3 is 2.80 bits per heavy atom. The van der Waals surface area contributed by atoms with Crippen molar-refractivity contribution in [3.63, 3.8) is 0 Å². The summed E-state index contributed by atoms with van der Waals surface area (Å²) in [5, 5.41) is 12.9. The van der Waals surface area contributed by atoms with Crippen LogP contribution in [0.5, 0.6) is 0 Å². The molecule has 0 aliphatic carbocycles. The molecule has 1 aliphatic heterocycles. The molecule has 0 saturated heterocycles. The second-order valence-corrected chi connectivity index (χ2v) is 5.71. The fourth-order valence-corrected chi connectivity index (χ4v) is 2.80. The zero-order valence-corrected chi connectivity index (χ0v) is 13.8. The number of amides is 1. The van der Waals surface area contributed by atoms with Crippen molar-refractivity contribution >= 4 is 23.7 Å². The SMILES string of the molecule is Cc1[nH]c(C=C2C(=O)NN=C2c2cnccn2)c(C)c1CCC(=O)O. The number of aromatic nitrogens is 3. The summed E-state index contributed by atoms with van der Waals surface area (Å²) < 4.78 is 0. The largest absolute Gasteiger partial charge is 0.481 e. The summed E-state index contributed by atoms with van der Waals surface area (Å²) in [5.74, 6) is -1.16. The number of nitrogens with one attached hydrogen (secondary N) is 2. The number of carboxylic acids is 1. The summed E-state index contributed by atoms with van der Waals surface area (Å²) in [4.78, 5) is 34.4. The van der Waals surface area contributed by atoms with Gasteiger partial charge >= 0.3 is 5.97 Å². The Bertz CT molecular complexity index is 897. The van der Waals surface area contributed by atoms with Gasteiger partial charge in [-0.2, -0.15) is 5.10 Å². The number of aliphatic carboxylic acids is 1. The van der Waals surface area contributed by atoms with Gasteiger partial charge in [-0.15, -0.1) is 0 Å². The van der Waals surface area contributed by atoms with Crippen LogP contribution in [0.25, 0.3) is 6.08 Å². The first kappa shape index (κ1) is 16.6. The van der Waals surface area contributed by atoms with Gasteiger partial charge < -0.3 is 10.1 Å². The molecule has 0 unspecified atom stereocenters. The second-order valence-electron chi connectivity index (χ2n) is 5.71. The standard InChI is InChI=1S/C17H17N5O3/c1-9-11(3-4-15(23)24)10(2)20-13(9)7-12-16(21-22-17(12)25)14-8-18-5-6-19-14/h5-8,20H,3-4H2,1-2H3,(H,22,25)(H,23,24). The molecule has 0 atom stereocenters. The van der Waals surface area contributed by atoms with E-state index in [1.54, 1.807) is 12.3 Å². The minimum absolute atomic E-state index is 0.0579. The number of nitrogens with zero attached hydrogens (tertiary/aromatic N) is 3. The number of H-pyrrole nitrogens is 1. The van der Waals surface area contributed by atoms with Crippen LogP contribution in [0.4, 0.5) is 0 Å². The van der Waals surface area contributed by atoms with E-state index in [0.29, 0.717) is 23.4 Å². The average Bonchev–Trinajstić information content (AvgIpc) is 3.07. The number of hydrazone groups is 1. The molecule has 2 aromatic heterocycles. The molecule has 0 bridgehead atoms. The van der Waals surface area contributed by atoms with Gasteiger partial charge in [0.25, 0.3) is 5.91 Å². The number of carboxylic acid groups (broad SMARTS) is 1. The molecule has 3 heterocycles. The van der Waals surface area contributed by atoms with E-state index < -0.39 is 5.97 Å². The van der Waals surface area contributed by atoms with Crippen molar-refractivity contribution in [1.29, 1.82) is 0 Å². The Labute approximate surface area is 143 Å². The van der Waals surface area contributed by atoms with Gasteiger partial charge in [0.15, 0.2) is 0 Å². The quantitative estimate of drug-likeness (QED) is 0.710. The van der Waals surface area contributed by atoms with E-state index >= 15 is 0 Å². The van der Waals surface area contributed by atoms with Crippen molar-refractivity contribution in [2.75, 3.05) is 0 Å². The third-order valence-electron chi connectivity index (χ3n) is 4.08. The predicted octanol–water partition coefficient (Wildman–Crippen LogP) is 1.36. The monoisotopic (exact) mass is 339 g/mol. The van der Waals surface area contributed by atoms with Gasteiger partial charge in [-0.1, -0.05) is 0 Å². The Balaban J connectivity index is 1.97. The fourth-order valence-electron chi connectivity index (χ4n) is 2.80. The number of carbonyl (C=O) groups is 2. The normalized spacial score (nSPS) is 15.4. The number of rotatable bonds is 5. The average molecular weight is 339 g/mol. The Morgan fingerprint density at radius 1 is 1.32 bits per heavy atom. The first-order valence-corrected chi connectivity index (χ1v) is 7.73. The smallest absolute Gasteiger partial charge is 0.303 e. The lowest BCUT2D eigenvalue weighted by molar-refractivity contribution is -0.137. The summed E-state index contributed by atoms with van der Waals surface area (Å²) in [5.41, 5.74) is 7.26. The lowest BCUT2D eigenvalue weighted by atomic mass is 10.0. The molecule has 0 saturated carbocycles. The Hall–Kier alpha value is -3.29. The first-order valence-electron chi connectivity index (χ1n) is 7.73. The first-order chi connectivity index (χ1) is 12.0. The molecule has 25 heavy (non-hydrogen) atoms. The summed E-state index contributed by atoms with van der Waals surface area (Å²) in [6.45, 7) is 3.79. The fraction of sp³-hybridized carbons (Fsp3) is 0.235. The second kappa shape index (κ2) is 6.68. The molecule has 3 rings (SSSR count). The maximum absolute atomic E-state index is 12.1. The lowest BCUT2D eigenvalue weighted by Gasteiger charge is -2.01. The highest BCUT2D eigenvalue weighted by Crippen LogP contribution is 2.23. The molecule has 0 radical (unpaired) electrons. The molecule has 1 amide bonds. The van der Waals surface area contributed by atoms with Gasteiger partial charge in [-0.3, -0.25) is 19.6 Å². The highest BCUT2D eigenvalue weighted by atomic mass is 16.4. The van der Waals surface area contributed by atoms with Crippen molar-refractivity contribution in [3.8, 4) is 0 Å². The molecule has 1 aliphatic rings. The van der Waals surface area contributed by atoms with Gasteiger partial charge in [-0.25, -0.2) is 5.43 Å². The van der Waals surface area contributed by atoms with Gasteiger partial charge in [0.2, 0.25) is 0 Å². The summed E-state index contributed by atoms with van der Waals surface area (Å²) >= 11 is 0. The van der Waals surface area contributed by atoms with Crippen LogP contribution in [0.2, 0.25) is 0 Å². The van der Waals surface area contributed by atoms with Crippen LogP contribution >= 0.6 is 0 Å².